The molecule has 1 heterocycles. The fourth-order valence-corrected chi connectivity index (χ4v) is 2.67. The van der Waals surface area contributed by atoms with E-state index in [1.165, 1.54) is 5.56 Å². The van der Waals surface area contributed by atoms with Crippen LogP contribution in [0, 0.1) is 0 Å². The summed E-state index contributed by atoms with van der Waals surface area (Å²) in [6, 6.07) is 13.2. The lowest BCUT2D eigenvalue weighted by molar-refractivity contribution is -0.117. The van der Waals surface area contributed by atoms with Crippen molar-refractivity contribution in [2.45, 2.75) is 19.8 Å². The highest BCUT2D eigenvalue weighted by molar-refractivity contribution is 6.10. The average molecular weight is 279 g/mol. The summed E-state index contributed by atoms with van der Waals surface area (Å²) >= 11 is 0. The Morgan fingerprint density at radius 2 is 1.76 bits per heavy atom. The molecule has 21 heavy (non-hydrogen) atoms. The Balaban J connectivity index is 1.92. The molecule has 106 valence electrons. The van der Waals surface area contributed by atoms with Crippen molar-refractivity contribution in [3.8, 4) is 0 Å². The first-order valence-corrected chi connectivity index (χ1v) is 7.13. The summed E-state index contributed by atoms with van der Waals surface area (Å²) in [6.07, 6.45) is 1.34. The summed E-state index contributed by atoms with van der Waals surface area (Å²) < 4.78 is 0. The number of ketones is 1. The topological polar surface area (TPSA) is 37.4 Å². The van der Waals surface area contributed by atoms with Crippen molar-refractivity contribution in [3.63, 3.8) is 0 Å². The van der Waals surface area contributed by atoms with Crippen LogP contribution in [-0.4, -0.2) is 18.7 Å². The zero-order valence-corrected chi connectivity index (χ0v) is 12.2. The zero-order valence-electron chi connectivity index (χ0n) is 12.2. The Morgan fingerprint density at radius 1 is 1.10 bits per heavy atom. The van der Waals surface area contributed by atoms with E-state index in [1.807, 2.05) is 36.4 Å². The Kier molecular flexibility index (Phi) is 3.34. The quantitative estimate of drug-likeness (QED) is 0.810. The fourth-order valence-electron chi connectivity index (χ4n) is 2.67. The lowest BCUT2D eigenvalue weighted by atomic mass is 9.99. The molecule has 2 aromatic rings. The van der Waals surface area contributed by atoms with Crippen molar-refractivity contribution >= 4 is 17.4 Å². The molecule has 0 aromatic heterocycles. The van der Waals surface area contributed by atoms with Gasteiger partial charge in [-0.1, -0.05) is 31.2 Å². The third-order valence-electron chi connectivity index (χ3n) is 4.04. The summed E-state index contributed by atoms with van der Waals surface area (Å²) in [5.41, 5.74) is 4.37. The number of rotatable bonds is 3. The second-order valence-electron chi connectivity index (χ2n) is 5.35. The molecule has 3 nitrogen and oxygen atoms in total. The van der Waals surface area contributed by atoms with Gasteiger partial charge in [0.1, 0.15) is 0 Å². The van der Waals surface area contributed by atoms with Gasteiger partial charge < -0.3 is 4.90 Å². The summed E-state index contributed by atoms with van der Waals surface area (Å²) in [5.74, 6) is 0.0735. The molecule has 0 saturated heterocycles. The van der Waals surface area contributed by atoms with Crippen LogP contribution in [0.5, 0.6) is 0 Å². The number of carbonyl (C=O) groups is 2. The molecular weight excluding hydrogens is 262 g/mol. The SMILES string of the molecule is CCc1ccc(C(=O)c2ccc3c(c2)CC(=O)N3C)cc1. The smallest absolute Gasteiger partial charge is 0.231 e. The molecule has 0 fully saturated rings. The molecule has 0 N–H and O–H groups in total. The number of anilines is 1. The number of hydrogen-bond acceptors (Lipinski definition) is 2. The first-order chi connectivity index (χ1) is 10.1. The normalized spacial score (nSPS) is 13.4. The van der Waals surface area contributed by atoms with Crippen molar-refractivity contribution in [1.82, 2.24) is 0 Å². The van der Waals surface area contributed by atoms with Gasteiger partial charge in [-0.2, -0.15) is 0 Å². The number of nitrogens with zero attached hydrogens (tertiary/aromatic N) is 1. The van der Waals surface area contributed by atoms with E-state index in [0.29, 0.717) is 17.5 Å². The molecule has 0 radical (unpaired) electrons. The molecule has 1 aliphatic rings. The maximum absolute atomic E-state index is 12.5. The lowest BCUT2D eigenvalue weighted by Gasteiger charge is -2.10. The third-order valence-corrected chi connectivity index (χ3v) is 4.04. The third kappa shape index (κ3) is 2.35. The fraction of sp³-hybridized carbons (Fsp3) is 0.222. The van der Waals surface area contributed by atoms with Crippen molar-refractivity contribution in [2.75, 3.05) is 11.9 Å². The van der Waals surface area contributed by atoms with Gasteiger partial charge in [-0.25, -0.2) is 0 Å². The number of amides is 1. The van der Waals surface area contributed by atoms with Crippen LogP contribution in [0.25, 0.3) is 0 Å². The first-order valence-electron chi connectivity index (χ1n) is 7.13. The minimum absolute atomic E-state index is 0.00227. The maximum Gasteiger partial charge on any atom is 0.231 e. The molecule has 1 aliphatic heterocycles. The van der Waals surface area contributed by atoms with Crippen molar-refractivity contribution < 1.29 is 9.59 Å². The van der Waals surface area contributed by atoms with Gasteiger partial charge in [0.2, 0.25) is 5.91 Å². The highest BCUT2D eigenvalue weighted by Crippen LogP contribution is 2.29. The van der Waals surface area contributed by atoms with Crippen LogP contribution in [-0.2, 0) is 17.6 Å². The Hall–Kier alpha value is -2.42. The monoisotopic (exact) mass is 279 g/mol. The molecule has 0 unspecified atom stereocenters. The summed E-state index contributed by atoms with van der Waals surface area (Å²) in [4.78, 5) is 25.8. The van der Waals surface area contributed by atoms with Crippen LogP contribution in [0.3, 0.4) is 0 Å². The molecule has 2 aromatic carbocycles. The van der Waals surface area contributed by atoms with Crippen molar-refractivity contribution in [3.05, 3.63) is 64.7 Å². The first kappa shape index (κ1) is 13.6. The molecule has 0 spiro atoms. The standard InChI is InChI=1S/C18H17NO2/c1-3-12-4-6-13(7-5-12)18(21)14-8-9-16-15(10-14)11-17(20)19(16)2/h4-10H,3,11H2,1-2H3. The van der Waals surface area contributed by atoms with Crippen LogP contribution >= 0.6 is 0 Å². The molecule has 0 bridgehead atoms. The highest BCUT2D eigenvalue weighted by atomic mass is 16.2. The average Bonchev–Trinajstić information content (AvgIpc) is 2.81. The Labute approximate surface area is 124 Å². The van der Waals surface area contributed by atoms with Crippen LogP contribution in [0.15, 0.2) is 42.5 Å². The Bertz CT molecular complexity index is 716. The number of likely N-dealkylation sites (N-methyl/N-ethyl adjacent to an activating group) is 1. The van der Waals surface area contributed by atoms with Gasteiger partial charge >= 0.3 is 0 Å². The number of benzene rings is 2. The number of fused-ring (bicyclic) bond motifs is 1. The van der Waals surface area contributed by atoms with E-state index in [-0.39, 0.29) is 11.7 Å². The van der Waals surface area contributed by atoms with Crippen LogP contribution in [0.2, 0.25) is 0 Å². The van der Waals surface area contributed by atoms with Crippen LogP contribution < -0.4 is 4.90 Å². The van der Waals surface area contributed by atoms with E-state index in [4.69, 9.17) is 0 Å². The number of carbonyl (C=O) groups excluding carboxylic acids is 2. The van der Waals surface area contributed by atoms with E-state index in [2.05, 4.69) is 6.92 Å². The zero-order chi connectivity index (χ0) is 15.0. The summed E-state index contributed by atoms with van der Waals surface area (Å²) in [7, 11) is 1.76. The van der Waals surface area contributed by atoms with E-state index < -0.39 is 0 Å². The van der Waals surface area contributed by atoms with Gasteiger partial charge in [-0.05, 0) is 35.7 Å². The van der Waals surface area contributed by atoms with Crippen molar-refractivity contribution in [1.29, 1.82) is 0 Å². The molecule has 3 heteroatoms. The molecule has 3 rings (SSSR count). The minimum Gasteiger partial charge on any atom is -0.315 e. The second kappa shape index (κ2) is 5.17. The van der Waals surface area contributed by atoms with E-state index in [9.17, 15) is 9.59 Å². The van der Waals surface area contributed by atoms with E-state index >= 15 is 0 Å². The predicted molar refractivity (Wildman–Crippen MR) is 82.8 cm³/mol. The van der Waals surface area contributed by atoms with Gasteiger partial charge in [0.05, 0.1) is 6.42 Å². The van der Waals surface area contributed by atoms with Crippen molar-refractivity contribution in [2.24, 2.45) is 0 Å². The minimum atomic E-state index is 0.00227. The maximum atomic E-state index is 12.5. The second-order valence-corrected chi connectivity index (χ2v) is 5.35. The number of aryl methyl sites for hydroxylation is 1. The molecule has 1 amide bonds. The van der Waals surface area contributed by atoms with Gasteiger partial charge in [0.25, 0.3) is 0 Å². The van der Waals surface area contributed by atoms with Gasteiger partial charge in [-0.3, -0.25) is 9.59 Å². The predicted octanol–water partition coefficient (Wildman–Crippen LogP) is 3.00. The van der Waals surface area contributed by atoms with Gasteiger partial charge in [-0.15, -0.1) is 0 Å². The summed E-state index contributed by atoms with van der Waals surface area (Å²) in [6.45, 7) is 2.09. The molecule has 0 aliphatic carbocycles. The summed E-state index contributed by atoms with van der Waals surface area (Å²) in [5, 5.41) is 0. The molecule has 0 saturated carbocycles. The lowest BCUT2D eigenvalue weighted by Crippen LogP contribution is -2.20. The van der Waals surface area contributed by atoms with Gasteiger partial charge in [0.15, 0.2) is 5.78 Å². The largest absolute Gasteiger partial charge is 0.315 e. The molecule has 0 atom stereocenters. The van der Waals surface area contributed by atoms with Gasteiger partial charge in [0, 0.05) is 23.9 Å². The van der Waals surface area contributed by atoms with E-state index in [0.717, 1.165) is 17.7 Å². The van der Waals surface area contributed by atoms with E-state index in [1.54, 1.807) is 18.0 Å². The van der Waals surface area contributed by atoms with Crippen LogP contribution in [0.4, 0.5) is 5.69 Å². The number of hydrogen-bond donors (Lipinski definition) is 0. The van der Waals surface area contributed by atoms with Crippen LogP contribution in [0.1, 0.15) is 34.0 Å². The molecular formula is C18H17NO2. The Morgan fingerprint density at radius 3 is 2.43 bits per heavy atom. The highest BCUT2D eigenvalue weighted by Gasteiger charge is 2.24.